The second kappa shape index (κ2) is 15.4. The first-order valence-corrected chi connectivity index (χ1v) is 14.7. The van der Waals surface area contributed by atoms with E-state index < -0.39 is 86.0 Å². The predicted molar refractivity (Wildman–Crippen MR) is 147 cm³/mol. The molecule has 0 aromatic heterocycles. The van der Waals surface area contributed by atoms with Crippen LogP contribution in [0, 0.1) is 0 Å². The van der Waals surface area contributed by atoms with Gasteiger partial charge in [-0.3, -0.25) is 0 Å². The molecule has 0 aliphatic carbocycles. The first-order valence-electron chi connectivity index (χ1n) is 14.7. The molecule has 14 nitrogen and oxygen atoms in total. The van der Waals surface area contributed by atoms with Gasteiger partial charge in [0.15, 0.2) is 18.9 Å². The van der Waals surface area contributed by atoms with Crippen molar-refractivity contribution in [2.45, 2.75) is 113 Å². The van der Waals surface area contributed by atoms with Gasteiger partial charge in [0.2, 0.25) is 0 Å². The number of hydrogen-bond donors (Lipinski definition) is 6. The number of aliphatic hydroxyl groups excluding tert-OH is 5. The summed E-state index contributed by atoms with van der Waals surface area (Å²) in [6.45, 7) is 5.42. The summed E-state index contributed by atoms with van der Waals surface area (Å²) < 4.78 is 39.7. The molecule has 0 saturated carbocycles. The summed E-state index contributed by atoms with van der Waals surface area (Å²) in [7, 11) is 0. The molecule has 11 atom stereocenters. The molecule has 1 aromatic carbocycles. The number of hydrogen-bond acceptors (Lipinski definition) is 13. The fraction of sp³-hybridized carbons (Fsp3) is 0.759. The van der Waals surface area contributed by atoms with Gasteiger partial charge in [-0.05, 0) is 40.0 Å². The van der Waals surface area contributed by atoms with Crippen LogP contribution in [-0.4, -0.2) is 125 Å². The van der Waals surface area contributed by atoms with Crippen LogP contribution < -0.4 is 5.32 Å². The van der Waals surface area contributed by atoms with Crippen molar-refractivity contribution in [2.24, 2.45) is 0 Å². The first-order chi connectivity index (χ1) is 20.5. The van der Waals surface area contributed by atoms with Crippen LogP contribution in [0.5, 0.6) is 0 Å². The summed E-state index contributed by atoms with van der Waals surface area (Å²) in [5.41, 5.74) is 0.176. The van der Waals surface area contributed by atoms with Crippen molar-refractivity contribution in [3.05, 3.63) is 35.9 Å². The Morgan fingerprint density at radius 1 is 0.930 bits per heavy atom. The highest BCUT2D eigenvalue weighted by Gasteiger charge is 2.53. The summed E-state index contributed by atoms with van der Waals surface area (Å²) >= 11 is 0. The number of rotatable bonds is 11. The lowest BCUT2D eigenvalue weighted by molar-refractivity contribution is -0.385. The van der Waals surface area contributed by atoms with E-state index in [1.54, 1.807) is 20.8 Å². The Balaban J connectivity index is 1.23. The third kappa shape index (κ3) is 9.05. The summed E-state index contributed by atoms with van der Waals surface area (Å²) in [4.78, 5) is 11.7. The fourth-order valence-electron chi connectivity index (χ4n) is 5.09. The number of aliphatic hydroxyl groups is 5. The molecule has 14 heteroatoms. The molecule has 4 rings (SSSR count). The highest BCUT2D eigenvalue weighted by atomic mass is 16.8. The number of carbonyl (C=O) groups excluding carboxylic acids is 1. The summed E-state index contributed by atoms with van der Waals surface area (Å²) in [5.74, 6) is 0. The molecule has 3 heterocycles. The van der Waals surface area contributed by atoms with Gasteiger partial charge in [0.05, 0.1) is 13.2 Å². The minimum atomic E-state index is -1.57. The summed E-state index contributed by atoms with van der Waals surface area (Å²) in [6, 6.07) is 9.14. The average molecular weight is 616 g/mol. The van der Waals surface area contributed by atoms with Gasteiger partial charge in [-0.1, -0.05) is 30.3 Å². The molecular weight excluding hydrogens is 570 g/mol. The summed E-state index contributed by atoms with van der Waals surface area (Å²) in [5, 5.41) is 55.8. The van der Waals surface area contributed by atoms with Crippen LogP contribution in [0.2, 0.25) is 0 Å². The van der Waals surface area contributed by atoms with Crippen molar-refractivity contribution in [3.8, 4) is 0 Å². The Kier molecular flexibility index (Phi) is 12.1. The molecule has 0 spiro atoms. The van der Waals surface area contributed by atoms with E-state index in [1.165, 1.54) is 0 Å². The van der Waals surface area contributed by atoms with E-state index in [0.29, 0.717) is 25.8 Å². The van der Waals surface area contributed by atoms with E-state index in [2.05, 4.69) is 5.32 Å². The number of ether oxygens (including phenoxy) is 7. The smallest absolute Gasteiger partial charge is 0.407 e. The average Bonchev–Trinajstić information content (AvgIpc) is 2.97. The highest BCUT2D eigenvalue weighted by molar-refractivity contribution is 5.67. The molecule has 0 radical (unpaired) electrons. The molecule has 1 aromatic rings. The molecular formula is C29H45NO13. The molecule has 5 unspecified atom stereocenters. The van der Waals surface area contributed by atoms with Gasteiger partial charge in [0, 0.05) is 18.7 Å². The second-order valence-electron chi connectivity index (χ2n) is 11.9. The quantitative estimate of drug-likeness (QED) is 0.183. The van der Waals surface area contributed by atoms with E-state index >= 15 is 0 Å². The molecule has 3 saturated heterocycles. The molecule has 0 bridgehead atoms. The molecule has 43 heavy (non-hydrogen) atoms. The Morgan fingerprint density at radius 3 is 2.35 bits per heavy atom. The third-order valence-corrected chi connectivity index (χ3v) is 7.29. The van der Waals surface area contributed by atoms with Gasteiger partial charge < -0.3 is 64.0 Å². The first kappa shape index (κ1) is 33.9. The number of alkyl carbamates (subject to hydrolysis) is 1. The Morgan fingerprint density at radius 2 is 1.65 bits per heavy atom. The normalized spacial score (nSPS) is 36.5. The van der Waals surface area contributed by atoms with Crippen molar-refractivity contribution in [2.75, 3.05) is 26.4 Å². The molecule has 3 aliphatic rings. The van der Waals surface area contributed by atoms with E-state index in [4.69, 9.17) is 33.2 Å². The van der Waals surface area contributed by atoms with Crippen molar-refractivity contribution in [1.29, 1.82) is 0 Å². The van der Waals surface area contributed by atoms with Crippen molar-refractivity contribution in [3.63, 3.8) is 0 Å². The van der Waals surface area contributed by atoms with Crippen LogP contribution in [0.1, 0.15) is 51.9 Å². The number of amides is 1. The highest BCUT2D eigenvalue weighted by Crippen LogP contribution is 2.36. The van der Waals surface area contributed by atoms with Crippen LogP contribution in [-0.2, 0) is 33.2 Å². The van der Waals surface area contributed by atoms with Gasteiger partial charge in [0.1, 0.15) is 54.4 Å². The fourth-order valence-corrected chi connectivity index (χ4v) is 5.09. The van der Waals surface area contributed by atoms with E-state index in [9.17, 15) is 30.3 Å². The zero-order valence-electron chi connectivity index (χ0n) is 24.7. The zero-order chi connectivity index (χ0) is 31.1. The summed E-state index contributed by atoms with van der Waals surface area (Å²) in [6.07, 6.45) is -12.2. The van der Waals surface area contributed by atoms with Crippen LogP contribution >= 0.6 is 0 Å². The minimum Gasteiger partial charge on any atom is -0.444 e. The third-order valence-electron chi connectivity index (χ3n) is 7.29. The molecule has 3 aliphatic heterocycles. The topological polar surface area (TPSA) is 195 Å². The van der Waals surface area contributed by atoms with Crippen LogP contribution in [0.4, 0.5) is 4.79 Å². The number of nitrogens with one attached hydrogen (secondary N) is 1. The molecule has 244 valence electrons. The van der Waals surface area contributed by atoms with Gasteiger partial charge in [-0.15, -0.1) is 0 Å². The number of unbranched alkanes of at least 4 members (excludes halogenated alkanes) is 2. The Hall–Kier alpha value is -1.95. The zero-order valence-corrected chi connectivity index (χ0v) is 24.7. The van der Waals surface area contributed by atoms with E-state index in [0.717, 1.165) is 5.56 Å². The van der Waals surface area contributed by atoms with Crippen molar-refractivity contribution < 1.29 is 63.5 Å². The second-order valence-corrected chi connectivity index (χ2v) is 11.9. The monoisotopic (exact) mass is 615 g/mol. The molecule has 6 N–H and O–H groups in total. The van der Waals surface area contributed by atoms with E-state index in [1.807, 2.05) is 30.3 Å². The maximum atomic E-state index is 11.7. The minimum absolute atomic E-state index is 0.0383. The lowest BCUT2D eigenvalue weighted by Crippen LogP contribution is -2.65. The molecule has 1 amide bonds. The lowest BCUT2D eigenvalue weighted by Gasteiger charge is -2.48. The molecule has 3 fully saturated rings. The van der Waals surface area contributed by atoms with E-state index in [-0.39, 0.29) is 13.2 Å². The van der Waals surface area contributed by atoms with Crippen LogP contribution in [0.25, 0.3) is 0 Å². The number of carbonyl (C=O) groups is 1. The van der Waals surface area contributed by atoms with Crippen LogP contribution in [0.15, 0.2) is 30.3 Å². The van der Waals surface area contributed by atoms with Crippen molar-refractivity contribution in [1.82, 2.24) is 5.32 Å². The largest absolute Gasteiger partial charge is 0.444 e. The number of benzene rings is 1. The number of fused-ring (bicyclic) bond motifs is 1. The standard InChI is InChI=1S/C29H45NO13/c1-29(2,3)43-28(36)30-12-8-5-9-13-37-26-21(34)19(32)23(17(14-31)39-26)42-27-22(35)20(33)24-18(40-27)15-38-25(41-24)16-10-6-4-7-11-16/h4,6-7,10-11,17-27,31-35H,5,8-9,12-15H2,1-3H3,(H,30,36)/t17?,18?,19-,20-,21?,22?,23-,24+,25?,26-,27+/m1/s1. The Labute approximate surface area is 250 Å². The van der Waals surface area contributed by atoms with Gasteiger partial charge in [-0.2, -0.15) is 0 Å². The lowest BCUT2D eigenvalue weighted by atomic mass is 9.96. The van der Waals surface area contributed by atoms with Gasteiger partial charge in [0.25, 0.3) is 0 Å². The predicted octanol–water partition coefficient (Wildman–Crippen LogP) is 0.0831. The van der Waals surface area contributed by atoms with Crippen LogP contribution in [0.3, 0.4) is 0 Å². The maximum absolute atomic E-state index is 11.7. The van der Waals surface area contributed by atoms with Gasteiger partial charge >= 0.3 is 6.09 Å². The Bertz CT molecular complexity index is 990. The van der Waals surface area contributed by atoms with Gasteiger partial charge in [-0.25, -0.2) is 4.79 Å². The maximum Gasteiger partial charge on any atom is 0.407 e. The SMILES string of the molecule is CC(C)(C)OC(=O)NCCCCCO[C@@H]1OC(CO)[C@@H](O[C@@H]2OC3COC(c4ccccc4)O[C@@H]3[C@H](O)C2O)[C@H](O)C1O. The van der Waals surface area contributed by atoms with Crippen molar-refractivity contribution >= 4 is 6.09 Å².